The van der Waals surface area contributed by atoms with Crippen LogP contribution in [0.5, 0.6) is 0 Å². The van der Waals surface area contributed by atoms with E-state index in [0.717, 1.165) is 17.7 Å². The largest absolute Gasteiger partial charge is 0.416 e. The highest BCUT2D eigenvalue weighted by Gasteiger charge is 2.31. The van der Waals surface area contributed by atoms with Gasteiger partial charge in [0.15, 0.2) is 5.78 Å². The van der Waals surface area contributed by atoms with Crippen molar-refractivity contribution in [2.24, 2.45) is 5.92 Å². The zero-order chi connectivity index (χ0) is 17.7. The van der Waals surface area contributed by atoms with Gasteiger partial charge in [0.2, 0.25) is 0 Å². The molecule has 136 valence electrons. The average molecular weight is 372 g/mol. The molecule has 2 aromatic rings. The molecule has 6 heteroatoms. The molecule has 2 nitrogen and oxygen atoms in total. The monoisotopic (exact) mass is 371 g/mol. The lowest BCUT2D eigenvalue weighted by molar-refractivity contribution is -0.137. The van der Waals surface area contributed by atoms with Crippen molar-refractivity contribution in [3.8, 4) is 0 Å². The van der Waals surface area contributed by atoms with Crippen molar-refractivity contribution in [2.45, 2.75) is 12.6 Å². The number of nitrogens with zero attached hydrogens (tertiary/aromatic N) is 1. The molecule has 0 aliphatic heterocycles. The maximum absolute atomic E-state index is 12.9. The Bertz CT molecular complexity index is 687. The van der Waals surface area contributed by atoms with Gasteiger partial charge in [-0.2, -0.15) is 13.2 Å². The van der Waals surface area contributed by atoms with Crippen LogP contribution >= 0.6 is 12.4 Å². The first kappa shape index (κ1) is 21.2. The van der Waals surface area contributed by atoms with Crippen LogP contribution in [0.1, 0.15) is 21.5 Å². The van der Waals surface area contributed by atoms with Gasteiger partial charge in [-0.3, -0.25) is 4.79 Å². The first-order chi connectivity index (χ1) is 11.3. The normalized spacial score (nSPS) is 12.6. The van der Waals surface area contributed by atoms with E-state index in [1.54, 1.807) is 0 Å². The molecule has 1 atom stereocenters. The van der Waals surface area contributed by atoms with Gasteiger partial charge in [0, 0.05) is 18.0 Å². The second kappa shape index (κ2) is 9.02. The lowest BCUT2D eigenvalue weighted by atomic mass is 9.90. The van der Waals surface area contributed by atoms with Gasteiger partial charge >= 0.3 is 6.18 Å². The highest BCUT2D eigenvalue weighted by Crippen LogP contribution is 2.30. The van der Waals surface area contributed by atoms with Crippen LogP contribution < -0.4 is 0 Å². The Labute approximate surface area is 152 Å². The number of alkyl halides is 3. The second-order valence-corrected chi connectivity index (χ2v) is 6.09. The van der Waals surface area contributed by atoms with Gasteiger partial charge in [-0.25, -0.2) is 0 Å². The number of halogens is 4. The molecule has 0 saturated carbocycles. The number of Topliss-reactive ketones (excluding diaryl/α,β-unsaturated/α-hetero) is 1. The Morgan fingerprint density at radius 1 is 1.04 bits per heavy atom. The second-order valence-electron chi connectivity index (χ2n) is 6.09. The molecule has 0 aliphatic rings. The fourth-order valence-corrected chi connectivity index (χ4v) is 2.66. The summed E-state index contributed by atoms with van der Waals surface area (Å²) in [5.74, 6) is -0.662. The third kappa shape index (κ3) is 6.18. The highest BCUT2D eigenvalue weighted by atomic mass is 35.5. The summed E-state index contributed by atoms with van der Waals surface area (Å²) in [5, 5.41) is 0. The molecule has 0 heterocycles. The van der Waals surface area contributed by atoms with Crippen LogP contribution in [0.4, 0.5) is 13.2 Å². The fourth-order valence-electron chi connectivity index (χ4n) is 2.66. The highest BCUT2D eigenvalue weighted by molar-refractivity contribution is 5.98. The number of rotatable bonds is 6. The maximum atomic E-state index is 12.9. The van der Waals surface area contributed by atoms with Gasteiger partial charge < -0.3 is 4.90 Å². The number of hydrogen-bond acceptors (Lipinski definition) is 2. The van der Waals surface area contributed by atoms with Crippen LogP contribution in [0.3, 0.4) is 0 Å². The smallest absolute Gasteiger partial charge is 0.309 e. The van der Waals surface area contributed by atoms with Crippen molar-refractivity contribution >= 4 is 18.2 Å². The Balaban J connectivity index is 0.00000312. The van der Waals surface area contributed by atoms with Crippen molar-refractivity contribution in [1.82, 2.24) is 4.90 Å². The molecule has 0 bridgehead atoms. The number of carbonyl (C=O) groups excluding carboxylic acids is 1. The van der Waals surface area contributed by atoms with Crippen LogP contribution in [0, 0.1) is 5.92 Å². The lowest BCUT2D eigenvalue weighted by Crippen LogP contribution is -2.30. The topological polar surface area (TPSA) is 20.3 Å². The van der Waals surface area contributed by atoms with Crippen molar-refractivity contribution in [2.75, 3.05) is 20.6 Å². The summed E-state index contributed by atoms with van der Waals surface area (Å²) in [4.78, 5) is 14.6. The van der Waals surface area contributed by atoms with E-state index in [9.17, 15) is 18.0 Å². The Kier molecular flexibility index (Phi) is 7.64. The van der Waals surface area contributed by atoms with E-state index in [0.29, 0.717) is 13.0 Å². The number of hydrogen-bond donors (Lipinski definition) is 0. The Morgan fingerprint density at radius 3 is 2.24 bits per heavy atom. The third-order valence-electron chi connectivity index (χ3n) is 3.76. The molecule has 0 fully saturated rings. The van der Waals surface area contributed by atoms with Gasteiger partial charge in [0.1, 0.15) is 0 Å². The molecule has 0 aliphatic carbocycles. The number of carbonyl (C=O) groups is 1. The van der Waals surface area contributed by atoms with E-state index in [1.807, 2.05) is 49.3 Å². The quantitative estimate of drug-likeness (QED) is 0.684. The van der Waals surface area contributed by atoms with Gasteiger partial charge in [-0.15, -0.1) is 12.4 Å². The number of ketones is 1. The molecular formula is C19H21ClF3NO. The molecule has 25 heavy (non-hydrogen) atoms. The van der Waals surface area contributed by atoms with E-state index < -0.39 is 17.7 Å². The molecule has 1 unspecified atom stereocenters. The lowest BCUT2D eigenvalue weighted by Gasteiger charge is -2.20. The van der Waals surface area contributed by atoms with Crippen molar-refractivity contribution < 1.29 is 18.0 Å². The van der Waals surface area contributed by atoms with Crippen LogP contribution in [0.2, 0.25) is 0 Å². The van der Waals surface area contributed by atoms with E-state index >= 15 is 0 Å². The molecular weight excluding hydrogens is 351 g/mol. The summed E-state index contributed by atoms with van der Waals surface area (Å²) in [6.07, 6.45) is -3.96. The minimum absolute atomic E-state index is 0. The van der Waals surface area contributed by atoms with Crippen LogP contribution in [0.15, 0.2) is 54.6 Å². The molecule has 0 amide bonds. The van der Waals surface area contributed by atoms with Crippen molar-refractivity contribution in [1.29, 1.82) is 0 Å². The summed E-state index contributed by atoms with van der Waals surface area (Å²) < 4.78 is 38.6. The predicted molar refractivity (Wildman–Crippen MR) is 95.2 cm³/mol. The van der Waals surface area contributed by atoms with E-state index in [1.165, 1.54) is 12.1 Å². The minimum atomic E-state index is -4.45. The van der Waals surface area contributed by atoms with Crippen LogP contribution in [-0.2, 0) is 12.6 Å². The van der Waals surface area contributed by atoms with Gasteiger partial charge in [-0.05, 0) is 38.2 Å². The fraction of sp³-hybridized carbons (Fsp3) is 0.316. The van der Waals surface area contributed by atoms with E-state index in [2.05, 4.69) is 0 Å². The van der Waals surface area contributed by atoms with Crippen molar-refractivity contribution in [3.05, 3.63) is 71.3 Å². The summed E-state index contributed by atoms with van der Waals surface area (Å²) in [6, 6.07) is 14.2. The predicted octanol–water partition coefficient (Wildman–Crippen LogP) is 4.73. The van der Waals surface area contributed by atoms with Crippen molar-refractivity contribution in [3.63, 3.8) is 0 Å². The zero-order valence-electron chi connectivity index (χ0n) is 14.1. The first-order valence-electron chi connectivity index (χ1n) is 7.67. The average Bonchev–Trinajstić information content (AvgIpc) is 2.53. The summed E-state index contributed by atoms with van der Waals surface area (Å²) in [7, 11) is 3.69. The molecule has 0 radical (unpaired) electrons. The molecule has 0 spiro atoms. The van der Waals surface area contributed by atoms with E-state index in [-0.39, 0.29) is 23.8 Å². The summed E-state index contributed by atoms with van der Waals surface area (Å²) in [5.41, 5.74) is 0.300. The van der Waals surface area contributed by atoms with Gasteiger partial charge in [-0.1, -0.05) is 42.5 Å². The minimum Gasteiger partial charge on any atom is -0.309 e. The maximum Gasteiger partial charge on any atom is 0.416 e. The standard InChI is InChI=1S/C19H20F3NO.ClH/c1-23(2)13-16(11-14-7-4-3-5-8-14)18(24)15-9-6-10-17(12-15)19(20,21)22;/h3-10,12,16H,11,13H2,1-2H3;1H. The molecule has 2 aromatic carbocycles. The Hall–Kier alpha value is -1.85. The Morgan fingerprint density at radius 2 is 1.68 bits per heavy atom. The van der Waals surface area contributed by atoms with Gasteiger partial charge in [0.25, 0.3) is 0 Å². The molecule has 0 saturated heterocycles. The number of benzene rings is 2. The SMILES string of the molecule is CN(C)CC(Cc1ccccc1)C(=O)c1cccc(C(F)(F)F)c1.Cl. The third-order valence-corrected chi connectivity index (χ3v) is 3.76. The van der Waals surface area contributed by atoms with Crippen LogP contribution in [-0.4, -0.2) is 31.3 Å². The van der Waals surface area contributed by atoms with E-state index in [4.69, 9.17) is 0 Å². The molecule has 0 aromatic heterocycles. The van der Waals surface area contributed by atoms with Crippen LogP contribution in [0.25, 0.3) is 0 Å². The van der Waals surface area contributed by atoms with Gasteiger partial charge in [0.05, 0.1) is 5.56 Å². The summed E-state index contributed by atoms with van der Waals surface area (Å²) in [6.45, 7) is 0.476. The first-order valence-corrected chi connectivity index (χ1v) is 7.67. The molecule has 2 rings (SSSR count). The summed E-state index contributed by atoms with van der Waals surface area (Å²) >= 11 is 0. The molecule has 0 N–H and O–H groups in total. The zero-order valence-corrected chi connectivity index (χ0v) is 14.9.